The van der Waals surface area contributed by atoms with Gasteiger partial charge in [0, 0.05) is 38.2 Å². The van der Waals surface area contributed by atoms with Gasteiger partial charge in [0.15, 0.2) is 5.79 Å². The second-order valence-electron chi connectivity index (χ2n) is 7.44. The summed E-state index contributed by atoms with van der Waals surface area (Å²) in [5.41, 5.74) is 1.88. The number of ether oxygens (including phenoxy) is 3. The maximum absolute atomic E-state index is 12.8. The number of rotatable bonds is 5. The molecule has 3 aliphatic heterocycles. The van der Waals surface area contributed by atoms with Gasteiger partial charge >= 0.3 is 12.0 Å². The third-order valence-electron chi connectivity index (χ3n) is 5.60. The van der Waals surface area contributed by atoms with Crippen LogP contribution >= 0.6 is 0 Å². The van der Waals surface area contributed by atoms with E-state index in [1.807, 2.05) is 30.3 Å². The van der Waals surface area contributed by atoms with Gasteiger partial charge in [-0.3, -0.25) is 4.90 Å². The van der Waals surface area contributed by atoms with Crippen LogP contribution in [0.5, 0.6) is 0 Å². The minimum absolute atomic E-state index is 0.270. The maximum Gasteiger partial charge on any atom is 0.338 e. The summed E-state index contributed by atoms with van der Waals surface area (Å²) in [5, 5.41) is 5.70. The van der Waals surface area contributed by atoms with Crippen LogP contribution in [0.25, 0.3) is 0 Å². The lowest BCUT2D eigenvalue weighted by molar-refractivity contribution is -0.184. The number of nitrogens with one attached hydrogen (secondary N) is 2. The largest absolute Gasteiger partial charge is 0.463 e. The molecule has 1 aromatic carbocycles. The van der Waals surface area contributed by atoms with Gasteiger partial charge in [-0.05, 0) is 12.5 Å². The molecule has 1 spiro atoms. The smallest absolute Gasteiger partial charge is 0.338 e. The topological polar surface area (TPSA) is 89.1 Å². The van der Waals surface area contributed by atoms with Crippen LogP contribution in [0.4, 0.5) is 4.79 Å². The number of carbonyl (C=O) groups excluding carboxylic acids is 2. The predicted molar refractivity (Wildman–Crippen MR) is 105 cm³/mol. The van der Waals surface area contributed by atoms with Gasteiger partial charge in [-0.1, -0.05) is 30.3 Å². The Morgan fingerprint density at radius 3 is 2.55 bits per heavy atom. The number of amides is 2. The van der Waals surface area contributed by atoms with Crippen LogP contribution in [0.15, 0.2) is 41.6 Å². The average molecular weight is 401 g/mol. The van der Waals surface area contributed by atoms with Gasteiger partial charge in [0.2, 0.25) is 0 Å². The number of esters is 1. The fourth-order valence-corrected chi connectivity index (χ4v) is 4.15. The molecule has 1 atom stereocenters. The second kappa shape index (κ2) is 8.52. The normalized spacial score (nSPS) is 24.3. The molecule has 0 aromatic heterocycles. The second-order valence-corrected chi connectivity index (χ2v) is 7.44. The number of piperidine rings is 1. The fourth-order valence-electron chi connectivity index (χ4n) is 4.15. The zero-order chi connectivity index (χ0) is 20.3. The minimum atomic E-state index is -0.545. The number of nitrogens with zero attached hydrogens (tertiary/aromatic N) is 1. The molecule has 0 unspecified atom stereocenters. The molecule has 0 radical (unpaired) electrons. The molecule has 8 heteroatoms. The molecule has 3 aliphatic rings. The van der Waals surface area contributed by atoms with Gasteiger partial charge in [-0.15, -0.1) is 0 Å². The van der Waals surface area contributed by atoms with Crippen molar-refractivity contribution in [3.05, 3.63) is 47.2 Å². The molecule has 2 N–H and O–H groups in total. The monoisotopic (exact) mass is 401 g/mol. The molecule has 29 heavy (non-hydrogen) atoms. The van der Waals surface area contributed by atoms with E-state index < -0.39 is 17.8 Å². The molecule has 0 saturated carbocycles. The molecule has 1 aromatic rings. The Labute approximate surface area is 170 Å². The molecule has 2 fully saturated rings. The van der Waals surface area contributed by atoms with Crippen LogP contribution in [0.2, 0.25) is 0 Å². The first kappa shape index (κ1) is 19.9. The van der Waals surface area contributed by atoms with E-state index >= 15 is 0 Å². The zero-order valence-corrected chi connectivity index (χ0v) is 16.6. The van der Waals surface area contributed by atoms with Crippen molar-refractivity contribution >= 4 is 12.0 Å². The molecule has 0 aliphatic carbocycles. The molecule has 0 bridgehead atoms. The maximum atomic E-state index is 12.8. The third-order valence-corrected chi connectivity index (χ3v) is 5.60. The Kier molecular flexibility index (Phi) is 5.84. The highest BCUT2D eigenvalue weighted by Gasteiger charge is 2.41. The summed E-state index contributed by atoms with van der Waals surface area (Å²) in [4.78, 5) is 27.4. The van der Waals surface area contributed by atoms with Crippen LogP contribution in [0.3, 0.4) is 0 Å². The van der Waals surface area contributed by atoms with Gasteiger partial charge < -0.3 is 24.8 Å². The highest BCUT2D eigenvalue weighted by molar-refractivity contribution is 5.95. The van der Waals surface area contributed by atoms with Gasteiger partial charge in [-0.25, -0.2) is 9.59 Å². The molecule has 2 amide bonds. The first-order chi connectivity index (χ1) is 14.1. The van der Waals surface area contributed by atoms with Crippen LogP contribution in [-0.4, -0.2) is 62.1 Å². The van der Waals surface area contributed by atoms with Crippen molar-refractivity contribution in [3.8, 4) is 0 Å². The Hall–Kier alpha value is -2.42. The summed E-state index contributed by atoms with van der Waals surface area (Å²) in [6.07, 6.45) is 1.53. The van der Waals surface area contributed by atoms with E-state index in [4.69, 9.17) is 14.2 Å². The van der Waals surface area contributed by atoms with E-state index in [0.29, 0.717) is 31.0 Å². The fraction of sp³-hybridized carbons (Fsp3) is 0.524. The van der Waals surface area contributed by atoms with Crippen molar-refractivity contribution < 1.29 is 23.8 Å². The lowest BCUT2D eigenvalue weighted by Crippen LogP contribution is -2.51. The molecule has 8 nitrogen and oxygen atoms in total. The Morgan fingerprint density at radius 2 is 1.90 bits per heavy atom. The molecule has 156 valence electrons. The highest BCUT2D eigenvalue weighted by Crippen LogP contribution is 2.33. The van der Waals surface area contributed by atoms with Crippen molar-refractivity contribution in [3.63, 3.8) is 0 Å². The number of benzene rings is 1. The Morgan fingerprint density at radius 1 is 1.21 bits per heavy atom. The molecule has 4 rings (SSSR count). The SMILES string of the molecule is CCOC(=O)C1=C(CN2CCC3(CC2)OCCO3)NC(=O)N[C@@H]1c1ccccc1. The first-order valence-electron chi connectivity index (χ1n) is 10.1. The van der Waals surface area contributed by atoms with Crippen LogP contribution < -0.4 is 10.6 Å². The van der Waals surface area contributed by atoms with E-state index in [2.05, 4.69) is 15.5 Å². The van der Waals surface area contributed by atoms with Crippen molar-refractivity contribution in [2.45, 2.75) is 31.6 Å². The van der Waals surface area contributed by atoms with E-state index in [1.54, 1.807) is 6.92 Å². The summed E-state index contributed by atoms with van der Waals surface area (Å²) in [6.45, 7) is 5.30. The summed E-state index contributed by atoms with van der Waals surface area (Å²) in [7, 11) is 0. The average Bonchev–Trinajstić information content (AvgIpc) is 3.18. The van der Waals surface area contributed by atoms with Gasteiger partial charge in [-0.2, -0.15) is 0 Å². The standard InChI is InChI=1S/C21H27N3O5/c1-2-27-19(25)17-16(14-24-10-8-21(9-11-24)28-12-13-29-21)22-20(26)23-18(17)15-6-4-3-5-7-15/h3-7,18H,2,8-14H2,1H3,(H2,22,23,26)/t18-/m1/s1. The van der Waals surface area contributed by atoms with Crippen molar-refractivity contribution in [1.29, 1.82) is 0 Å². The molecule has 2 saturated heterocycles. The van der Waals surface area contributed by atoms with E-state index in [1.165, 1.54) is 0 Å². The lowest BCUT2D eigenvalue weighted by Gasteiger charge is -2.39. The minimum Gasteiger partial charge on any atom is -0.463 e. The van der Waals surface area contributed by atoms with Crippen LogP contribution in [-0.2, 0) is 19.0 Å². The number of urea groups is 1. The Bertz CT molecular complexity index is 779. The number of likely N-dealkylation sites (tertiary alicyclic amines) is 1. The summed E-state index contributed by atoms with van der Waals surface area (Å²) in [6, 6.07) is 8.60. The lowest BCUT2D eigenvalue weighted by atomic mass is 9.94. The van der Waals surface area contributed by atoms with E-state index in [9.17, 15) is 9.59 Å². The number of carbonyl (C=O) groups is 2. The quantitative estimate of drug-likeness (QED) is 0.730. The van der Waals surface area contributed by atoms with E-state index in [0.717, 1.165) is 31.5 Å². The zero-order valence-electron chi connectivity index (χ0n) is 16.6. The summed E-state index contributed by atoms with van der Waals surface area (Å²) in [5.74, 6) is -0.876. The summed E-state index contributed by atoms with van der Waals surface area (Å²) < 4.78 is 16.9. The van der Waals surface area contributed by atoms with Gasteiger partial charge in [0.05, 0.1) is 31.4 Å². The van der Waals surface area contributed by atoms with Gasteiger partial charge in [0.1, 0.15) is 0 Å². The van der Waals surface area contributed by atoms with Crippen LogP contribution in [0, 0.1) is 0 Å². The van der Waals surface area contributed by atoms with Crippen molar-refractivity contribution in [1.82, 2.24) is 15.5 Å². The predicted octanol–water partition coefficient (Wildman–Crippen LogP) is 1.70. The summed E-state index contributed by atoms with van der Waals surface area (Å²) >= 11 is 0. The Balaban J connectivity index is 1.58. The van der Waals surface area contributed by atoms with E-state index in [-0.39, 0.29) is 12.6 Å². The third kappa shape index (κ3) is 4.29. The molecular weight excluding hydrogens is 374 g/mol. The first-order valence-corrected chi connectivity index (χ1v) is 10.1. The molecule has 3 heterocycles. The van der Waals surface area contributed by atoms with Gasteiger partial charge in [0.25, 0.3) is 0 Å². The number of hydrogen-bond donors (Lipinski definition) is 2. The van der Waals surface area contributed by atoms with Crippen LogP contribution in [0.1, 0.15) is 31.4 Å². The molecular formula is C21H27N3O5. The number of hydrogen-bond acceptors (Lipinski definition) is 6. The highest BCUT2D eigenvalue weighted by atomic mass is 16.7. The van der Waals surface area contributed by atoms with Crippen molar-refractivity contribution in [2.75, 3.05) is 39.5 Å². The van der Waals surface area contributed by atoms with Crippen molar-refractivity contribution in [2.24, 2.45) is 0 Å².